The number of carbonyl (C=O) groups excluding carboxylic acids is 2. The number of ketones is 2. The number of carbonyl (C=O) groups is 2. The van der Waals surface area contributed by atoms with Crippen molar-refractivity contribution in [2.75, 3.05) is 13.2 Å². The van der Waals surface area contributed by atoms with E-state index in [0.29, 0.717) is 48.7 Å². The molecule has 4 aromatic carbocycles. The first-order valence-electron chi connectivity index (χ1n) is 12.7. The maximum Gasteiger partial charge on any atom is 0.193 e. The smallest absolute Gasteiger partial charge is 0.193 e. The largest absolute Gasteiger partial charge is 0.377 e. The summed E-state index contributed by atoms with van der Waals surface area (Å²) < 4.78 is 11.6. The third kappa shape index (κ3) is 8.07. The van der Waals surface area contributed by atoms with E-state index in [-0.39, 0.29) is 11.6 Å². The summed E-state index contributed by atoms with van der Waals surface area (Å²) in [5, 5.41) is 0. The van der Waals surface area contributed by atoms with E-state index in [1.54, 1.807) is 0 Å². The van der Waals surface area contributed by atoms with Crippen molar-refractivity contribution in [1.29, 1.82) is 0 Å². The predicted molar refractivity (Wildman–Crippen MR) is 146 cm³/mol. The van der Waals surface area contributed by atoms with Gasteiger partial charge in [-0.1, -0.05) is 109 Å². The Morgan fingerprint density at radius 2 is 0.784 bits per heavy atom. The molecule has 0 saturated heterocycles. The Bertz CT molecular complexity index is 1150. The molecule has 0 radical (unpaired) electrons. The van der Waals surface area contributed by atoms with Gasteiger partial charge in [0.25, 0.3) is 0 Å². The average molecular weight is 493 g/mol. The molecular weight excluding hydrogens is 460 g/mol. The van der Waals surface area contributed by atoms with Crippen LogP contribution in [-0.2, 0) is 22.7 Å². The average Bonchev–Trinajstić information content (AvgIpc) is 2.97. The van der Waals surface area contributed by atoms with Crippen molar-refractivity contribution in [3.63, 3.8) is 0 Å². The first kappa shape index (κ1) is 26.2. The molecule has 0 aliphatic heterocycles. The SMILES string of the molecule is O=C(c1ccccc1)c1ccc(COCCCCCOCc2ccc(C(=O)c3ccccc3)cc2)cc1. The molecule has 0 heterocycles. The van der Waals surface area contributed by atoms with Crippen LogP contribution < -0.4 is 0 Å². The molecule has 0 aliphatic rings. The second kappa shape index (κ2) is 14.0. The van der Waals surface area contributed by atoms with Gasteiger partial charge in [-0.25, -0.2) is 0 Å². The topological polar surface area (TPSA) is 52.6 Å². The number of rotatable bonds is 14. The van der Waals surface area contributed by atoms with Crippen molar-refractivity contribution < 1.29 is 19.1 Å². The molecule has 0 aliphatic carbocycles. The van der Waals surface area contributed by atoms with Crippen LogP contribution in [0.25, 0.3) is 0 Å². The number of unbranched alkanes of at least 4 members (excludes halogenated alkanes) is 2. The molecule has 0 atom stereocenters. The molecule has 0 aromatic heterocycles. The van der Waals surface area contributed by atoms with Gasteiger partial charge in [0.15, 0.2) is 11.6 Å². The minimum Gasteiger partial charge on any atom is -0.377 e. The maximum absolute atomic E-state index is 12.5. The Balaban J connectivity index is 1.06. The van der Waals surface area contributed by atoms with Crippen molar-refractivity contribution in [1.82, 2.24) is 0 Å². The summed E-state index contributed by atoms with van der Waals surface area (Å²) in [5.41, 5.74) is 4.89. The van der Waals surface area contributed by atoms with Crippen LogP contribution in [-0.4, -0.2) is 24.8 Å². The monoisotopic (exact) mass is 492 g/mol. The van der Waals surface area contributed by atoms with E-state index in [0.717, 1.165) is 30.4 Å². The summed E-state index contributed by atoms with van der Waals surface area (Å²) in [6, 6.07) is 33.9. The summed E-state index contributed by atoms with van der Waals surface area (Å²) in [4.78, 5) is 25.0. The van der Waals surface area contributed by atoms with Crippen LogP contribution in [0.2, 0.25) is 0 Å². The summed E-state index contributed by atoms with van der Waals surface area (Å²) in [7, 11) is 0. The Morgan fingerprint density at radius 3 is 1.16 bits per heavy atom. The van der Waals surface area contributed by atoms with E-state index < -0.39 is 0 Å². The van der Waals surface area contributed by atoms with Crippen molar-refractivity contribution >= 4 is 11.6 Å². The molecule has 0 fully saturated rings. The molecule has 4 rings (SSSR count). The van der Waals surface area contributed by atoms with Gasteiger partial charge in [0, 0.05) is 35.5 Å². The molecule has 4 heteroatoms. The van der Waals surface area contributed by atoms with Gasteiger partial charge < -0.3 is 9.47 Å². The van der Waals surface area contributed by atoms with Gasteiger partial charge in [0.2, 0.25) is 0 Å². The van der Waals surface area contributed by atoms with E-state index in [9.17, 15) is 9.59 Å². The lowest BCUT2D eigenvalue weighted by atomic mass is 10.0. The van der Waals surface area contributed by atoms with E-state index >= 15 is 0 Å². The van der Waals surface area contributed by atoms with Gasteiger partial charge in [-0.3, -0.25) is 9.59 Å². The molecule has 188 valence electrons. The molecule has 4 aromatic rings. The van der Waals surface area contributed by atoms with Crippen LogP contribution in [0.3, 0.4) is 0 Å². The lowest BCUT2D eigenvalue weighted by Gasteiger charge is -2.07. The quantitative estimate of drug-likeness (QED) is 0.140. The number of benzene rings is 4. The standard InChI is InChI=1S/C33H32O4/c34-32(28-10-4-1-5-11-28)30-18-14-26(15-19-30)24-36-22-8-3-9-23-37-25-27-16-20-31(21-17-27)33(35)29-12-6-2-7-13-29/h1-2,4-7,10-21H,3,8-9,22-25H2. The number of ether oxygens (including phenoxy) is 2. The van der Waals surface area contributed by atoms with E-state index in [2.05, 4.69) is 0 Å². The minimum absolute atomic E-state index is 0.0328. The minimum atomic E-state index is 0.0328. The molecule has 37 heavy (non-hydrogen) atoms. The molecule has 4 nitrogen and oxygen atoms in total. The zero-order valence-corrected chi connectivity index (χ0v) is 21.0. The number of hydrogen-bond acceptors (Lipinski definition) is 4. The highest BCUT2D eigenvalue weighted by atomic mass is 16.5. The van der Waals surface area contributed by atoms with E-state index in [4.69, 9.17) is 9.47 Å². The van der Waals surface area contributed by atoms with Crippen LogP contribution in [0.1, 0.15) is 62.2 Å². The van der Waals surface area contributed by atoms with Crippen LogP contribution >= 0.6 is 0 Å². The highest BCUT2D eigenvalue weighted by Crippen LogP contribution is 2.13. The van der Waals surface area contributed by atoms with E-state index in [1.807, 2.05) is 109 Å². The highest BCUT2D eigenvalue weighted by Gasteiger charge is 2.09. The van der Waals surface area contributed by atoms with Crippen LogP contribution in [0, 0.1) is 0 Å². The fourth-order valence-electron chi connectivity index (χ4n) is 3.98. The maximum atomic E-state index is 12.5. The third-order valence-electron chi connectivity index (χ3n) is 6.12. The Hall–Kier alpha value is -3.86. The number of hydrogen-bond donors (Lipinski definition) is 0. The summed E-state index contributed by atoms with van der Waals surface area (Å²) in [6.07, 6.45) is 2.99. The first-order valence-corrected chi connectivity index (χ1v) is 12.7. The molecule has 0 spiro atoms. The Kier molecular flexibility index (Phi) is 9.94. The van der Waals surface area contributed by atoms with Crippen LogP contribution in [0.5, 0.6) is 0 Å². The fraction of sp³-hybridized carbons (Fsp3) is 0.212. The van der Waals surface area contributed by atoms with Crippen molar-refractivity contribution in [3.8, 4) is 0 Å². The molecule has 0 amide bonds. The lowest BCUT2D eigenvalue weighted by molar-refractivity contribution is 0.101. The zero-order chi connectivity index (χ0) is 25.7. The highest BCUT2D eigenvalue weighted by molar-refractivity contribution is 6.09. The second-order valence-electron chi connectivity index (χ2n) is 8.95. The van der Waals surface area contributed by atoms with Gasteiger partial charge in [0.1, 0.15) is 0 Å². The van der Waals surface area contributed by atoms with Crippen molar-refractivity contribution in [2.45, 2.75) is 32.5 Å². The summed E-state index contributed by atoms with van der Waals surface area (Å²) in [6.45, 7) is 2.47. The van der Waals surface area contributed by atoms with Crippen molar-refractivity contribution in [3.05, 3.63) is 143 Å². The second-order valence-corrected chi connectivity index (χ2v) is 8.95. The third-order valence-corrected chi connectivity index (χ3v) is 6.12. The van der Waals surface area contributed by atoms with Crippen LogP contribution in [0.4, 0.5) is 0 Å². The Labute approximate surface area is 218 Å². The van der Waals surface area contributed by atoms with E-state index in [1.165, 1.54) is 0 Å². The molecular formula is C33H32O4. The molecule has 0 saturated carbocycles. The molecule has 0 unspecified atom stereocenters. The van der Waals surface area contributed by atoms with Gasteiger partial charge in [-0.05, 0) is 30.4 Å². The van der Waals surface area contributed by atoms with Gasteiger partial charge in [0.05, 0.1) is 13.2 Å². The molecule has 0 N–H and O–H groups in total. The Morgan fingerprint density at radius 1 is 0.432 bits per heavy atom. The zero-order valence-electron chi connectivity index (χ0n) is 21.0. The van der Waals surface area contributed by atoms with Crippen LogP contribution in [0.15, 0.2) is 109 Å². The van der Waals surface area contributed by atoms with Gasteiger partial charge >= 0.3 is 0 Å². The fourth-order valence-corrected chi connectivity index (χ4v) is 3.98. The summed E-state index contributed by atoms with van der Waals surface area (Å²) in [5.74, 6) is 0.0657. The first-order chi connectivity index (χ1) is 18.2. The molecule has 0 bridgehead atoms. The normalized spacial score (nSPS) is 10.8. The predicted octanol–water partition coefficient (Wildman–Crippen LogP) is 7.05. The summed E-state index contributed by atoms with van der Waals surface area (Å²) >= 11 is 0. The van der Waals surface area contributed by atoms with Gasteiger partial charge in [-0.2, -0.15) is 0 Å². The van der Waals surface area contributed by atoms with Crippen molar-refractivity contribution in [2.24, 2.45) is 0 Å². The lowest BCUT2D eigenvalue weighted by Crippen LogP contribution is -2.02. The van der Waals surface area contributed by atoms with Gasteiger partial charge in [-0.15, -0.1) is 0 Å².